The maximum absolute atomic E-state index is 14.4. The number of urea groups is 2. The molecule has 0 aromatic heterocycles. The summed E-state index contributed by atoms with van der Waals surface area (Å²) in [7, 11) is 1.71. The summed E-state index contributed by atoms with van der Waals surface area (Å²) in [5.74, 6) is 1.08. The smallest absolute Gasteiger partial charge is 0.321 e. The van der Waals surface area contributed by atoms with Crippen LogP contribution >= 0.6 is 0 Å². The van der Waals surface area contributed by atoms with Crippen molar-refractivity contribution in [3.05, 3.63) is 42.0 Å². The number of aliphatic hydroxyl groups is 1. The number of amides is 5. The molecule has 1 fully saturated rings. The Labute approximate surface area is 294 Å². The number of carbonyl (C=O) groups is 3. The molecule has 2 aromatic rings. The first-order valence-electron chi connectivity index (χ1n) is 17.9. The van der Waals surface area contributed by atoms with Crippen LogP contribution in [-0.4, -0.2) is 97.3 Å². The molecule has 0 saturated heterocycles. The Bertz CT molecular complexity index is 1470. The first-order chi connectivity index (χ1) is 24.1. The van der Waals surface area contributed by atoms with Gasteiger partial charge in [0.1, 0.15) is 5.75 Å². The van der Waals surface area contributed by atoms with E-state index in [4.69, 9.17) is 18.9 Å². The molecule has 5 amide bonds. The molecule has 2 heterocycles. The van der Waals surface area contributed by atoms with Crippen LogP contribution in [-0.2, 0) is 4.74 Å². The van der Waals surface area contributed by atoms with E-state index in [1.54, 1.807) is 60.2 Å². The summed E-state index contributed by atoms with van der Waals surface area (Å²) in [6.45, 7) is 6.63. The molecule has 13 heteroatoms. The van der Waals surface area contributed by atoms with Gasteiger partial charge in [-0.15, -0.1) is 0 Å². The SMILES string of the molecule is C[C@@H]1CCCCO[C@H](CN(C)C(=O)Nc2ccc3c(c2)OCO3)[C@H](C)CN([C@H](C)CO)C(=O)c2cc(NC(=O)NC3CCCCC3)ccc2O1. The van der Waals surface area contributed by atoms with Crippen LogP contribution < -0.4 is 30.2 Å². The van der Waals surface area contributed by atoms with Crippen molar-refractivity contribution in [1.82, 2.24) is 15.1 Å². The average Bonchev–Trinajstić information content (AvgIpc) is 3.58. The van der Waals surface area contributed by atoms with E-state index in [1.807, 2.05) is 13.8 Å². The monoisotopic (exact) mass is 695 g/mol. The molecule has 50 heavy (non-hydrogen) atoms. The number of carbonyl (C=O) groups excluding carboxylic acids is 3. The summed E-state index contributed by atoms with van der Waals surface area (Å²) in [5, 5.41) is 19.1. The van der Waals surface area contributed by atoms with Crippen molar-refractivity contribution in [1.29, 1.82) is 0 Å². The Hall–Kier alpha value is -4.23. The molecule has 1 saturated carbocycles. The second-order valence-corrected chi connectivity index (χ2v) is 13.8. The molecule has 4 N–H and O–H groups in total. The van der Waals surface area contributed by atoms with E-state index in [0.29, 0.717) is 40.8 Å². The normalized spacial score (nSPS) is 22.4. The van der Waals surface area contributed by atoms with Gasteiger partial charge in [0.15, 0.2) is 11.5 Å². The molecule has 2 aliphatic heterocycles. The number of rotatable bonds is 7. The molecule has 274 valence electrons. The molecular formula is C37H53N5O8. The van der Waals surface area contributed by atoms with Crippen LogP contribution in [0.5, 0.6) is 17.2 Å². The van der Waals surface area contributed by atoms with Gasteiger partial charge in [0.25, 0.3) is 5.91 Å². The zero-order valence-electron chi connectivity index (χ0n) is 29.7. The Balaban J connectivity index is 1.33. The third-order valence-electron chi connectivity index (χ3n) is 9.67. The molecule has 0 unspecified atom stereocenters. The number of fused-ring (bicyclic) bond motifs is 2. The molecule has 1 aliphatic carbocycles. The highest BCUT2D eigenvalue weighted by Gasteiger charge is 2.31. The van der Waals surface area contributed by atoms with E-state index < -0.39 is 12.1 Å². The van der Waals surface area contributed by atoms with Gasteiger partial charge in [-0.1, -0.05) is 26.2 Å². The minimum absolute atomic E-state index is 0.137. The minimum atomic E-state index is -0.526. The fraction of sp³-hybridized carbons (Fsp3) is 0.595. The summed E-state index contributed by atoms with van der Waals surface area (Å²) in [6.07, 6.45) is 7.11. The Morgan fingerprint density at radius 2 is 1.64 bits per heavy atom. The van der Waals surface area contributed by atoms with E-state index >= 15 is 0 Å². The van der Waals surface area contributed by atoms with Crippen molar-refractivity contribution in [2.45, 2.75) is 96.4 Å². The van der Waals surface area contributed by atoms with Gasteiger partial charge in [0.2, 0.25) is 6.79 Å². The lowest BCUT2D eigenvalue weighted by Gasteiger charge is -2.35. The summed E-state index contributed by atoms with van der Waals surface area (Å²) in [5.41, 5.74) is 1.35. The lowest BCUT2D eigenvalue weighted by atomic mass is 9.96. The van der Waals surface area contributed by atoms with Crippen molar-refractivity contribution in [3.8, 4) is 17.2 Å². The highest BCUT2D eigenvalue weighted by molar-refractivity contribution is 5.99. The first kappa shape index (κ1) is 37.0. The number of ether oxygens (including phenoxy) is 4. The molecule has 13 nitrogen and oxygen atoms in total. The van der Waals surface area contributed by atoms with Gasteiger partial charge in [-0.05, 0) is 76.3 Å². The molecule has 2 aromatic carbocycles. The first-order valence-corrected chi connectivity index (χ1v) is 17.9. The molecule has 3 aliphatic rings. The van der Waals surface area contributed by atoms with Crippen LogP contribution in [0.2, 0.25) is 0 Å². The number of nitrogens with zero attached hydrogens (tertiary/aromatic N) is 2. The second kappa shape index (κ2) is 17.6. The number of aliphatic hydroxyl groups excluding tert-OH is 1. The van der Waals surface area contributed by atoms with E-state index in [0.717, 1.165) is 44.9 Å². The standard InChI is InChI=1S/C37H53N5O8/c1-24-20-42(25(2)22-43)35(44)30-18-28(39-36(45)38-27-11-6-5-7-12-27)13-15-31(30)50-26(3)10-8-9-17-47-34(24)21-41(4)37(46)40-29-14-16-32-33(19-29)49-23-48-32/h13-16,18-19,24-27,34,43H,5-12,17,20-23H2,1-4H3,(H,40,46)(H2,38,39,45)/t24-,25-,26-,34-/m1/s1. The number of hydrogen-bond acceptors (Lipinski definition) is 8. The fourth-order valence-corrected chi connectivity index (χ4v) is 6.61. The van der Waals surface area contributed by atoms with Crippen LogP contribution in [0.4, 0.5) is 21.0 Å². The van der Waals surface area contributed by atoms with E-state index in [1.165, 1.54) is 6.42 Å². The van der Waals surface area contributed by atoms with Crippen molar-refractivity contribution >= 4 is 29.3 Å². The number of nitrogens with one attached hydrogen (secondary N) is 3. The van der Waals surface area contributed by atoms with Crippen LogP contribution in [0, 0.1) is 5.92 Å². The third-order valence-corrected chi connectivity index (χ3v) is 9.67. The highest BCUT2D eigenvalue weighted by atomic mass is 16.7. The van der Waals surface area contributed by atoms with Crippen LogP contribution in [0.1, 0.15) is 82.5 Å². The van der Waals surface area contributed by atoms with Gasteiger partial charge < -0.3 is 49.8 Å². The van der Waals surface area contributed by atoms with Crippen LogP contribution in [0.25, 0.3) is 0 Å². The summed E-state index contributed by atoms with van der Waals surface area (Å²) in [4.78, 5) is 43.8. The topological polar surface area (TPSA) is 151 Å². The van der Waals surface area contributed by atoms with Crippen molar-refractivity contribution in [3.63, 3.8) is 0 Å². The lowest BCUT2D eigenvalue weighted by molar-refractivity contribution is -0.0115. The highest BCUT2D eigenvalue weighted by Crippen LogP contribution is 2.34. The van der Waals surface area contributed by atoms with Crippen molar-refractivity contribution < 1.29 is 38.4 Å². The largest absolute Gasteiger partial charge is 0.490 e. The predicted octanol–water partition coefficient (Wildman–Crippen LogP) is 5.83. The van der Waals surface area contributed by atoms with Crippen LogP contribution in [0.3, 0.4) is 0 Å². The number of hydrogen-bond donors (Lipinski definition) is 4. The zero-order valence-corrected chi connectivity index (χ0v) is 29.7. The molecule has 5 rings (SSSR count). The van der Waals surface area contributed by atoms with Gasteiger partial charge in [0, 0.05) is 56.1 Å². The summed E-state index contributed by atoms with van der Waals surface area (Å²) in [6, 6.07) is 9.36. The Morgan fingerprint density at radius 3 is 2.40 bits per heavy atom. The molecule has 0 radical (unpaired) electrons. The minimum Gasteiger partial charge on any atom is -0.490 e. The van der Waals surface area contributed by atoms with Gasteiger partial charge in [-0.25, -0.2) is 9.59 Å². The molecule has 4 atom stereocenters. The van der Waals surface area contributed by atoms with Crippen molar-refractivity contribution in [2.24, 2.45) is 5.92 Å². The summed E-state index contributed by atoms with van der Waals surface area (Å²) < 4.78 is 23.5. The van der Waals surface area contributed by atoms with Crippen molar-refractivity contribution in [2.75, 3.05) is 50.8 Å². The maximum Gasteiger partial charge on any atom is 0.321 e. The molecule has 0 spiro atoms. The van der Waals surface area contributed by atoms with Gasteiger partial charge in [-0.2, -0.15) is 0 Å². The van der Waals surface area contributed by atoms with Gasteiger partial charge in [-0.3, -0.25) is 4.79 Å². The lowest BCUT2D eigenvalue weighted by Crippen LogP contribution is -2.48. The van der Waals surface area contributed by atoms with Crippen LogP contribution in [0.15, 0.2) is 36.4 Å². The Kier molecular flexibility index (Phi) is 13.1. The number of likely N-dealkylation sites (N-methyl/N-ethyl adjacent to an activating group) is 1. The number of benzene rings is 2. The maximum atomic E-state index is 14.4. The Morgan fingerprint density at radius 1 is 0.940 bits per heavy atom. The van der Waals surface area contributed by atoms with Gasteiger partial charge >= 0.3 is 12.1 Å². The van der Waals surface area contributed by atoms with E-state index in [9.17, 15) is 19.5 Å². The zero-order chi connectivity index (χ0) is 35.6. The van der Waals surface area contributed by atoms with E-state index in [-0.39, 0.29) is 62.5 Å². The number of anilines is 2. The van der Waals surface area contributed by atoms with E-state index in [2.05, 4.69) is 16.0 Å². The quantitative estimate of drug-likeness (QED) is 0.283. The second-order valence-electron chi connectivity index (χ2n) is 13.8. The fourth-order valence-electron chi connectivity index (χ4n) is 6.61. The molecule has 0 bridgehead atoms. The summed E-state index contributed by atoms with van der Waals surface area (Å²) >= 11 is 0. The average molecular weight is 696 g/mol. The van der Waals surface area contributed by atoms with Gasteiger partial charge in [0.05, 0.1) is 30.4 Å². The predicted molar refractivity (Wildman–Crippen MR) is 190 cm³/mol. The molecular weight excluding hydrogens is 642 g/mol. The third kappa shape index (κ3) is 9.94.